The highest BCUT2D eigenvalue weighted by Gasteiger charge is 2.19. The molecule has 98 valence electrons. The molecule has 0 saturated heterocycles. The molecule has 2 heterocycles. The summed E-state index contributed by atoms with van der Waals surface area (Å²) in [7, 11) is 0. The third kappa shape index (κ3) is 1.35. The van der Waals surface area contributed by atoms with Crippen LogP contribution in [0.1, 0.15) is 0 Å². The van der Waals surface area contributed by atoms with Crippen molar-refractivity contribution in [1.29, 1.82) is 0 Å². The molecule has 1 nitrogen and oxygen atoms in total. The SMILES string of the molecule is c1ccc2c(c1)-c1ccccc1-n1ccc3cccc-2c31. The minimum atomic E-state index is 1.25. The number of benzene rings is 3. The minimum Gasteiger partial charge on any atom is -0.315 e. The second-order valence-electron chi connectivity index (χ2n) is 5.49. The van der Waals surface area contributed by atoms with E-state index in [0.29, 0.717) is 0 Å². The molecule has 1 aliphatic rings. The van der Waals surface area contributed by atoms with Gasteiger partial charge in [0.25, 0.3) is 0 Å². The zero-order valence-electron chi connectivity index (χ0n) is 11.5. The number of hydrogen-bond donors (Lipinski definition) is 0. The lowest BCUT2D eigenvalue weighted by Gasteiger charge is -2.10. The average molecular weight is 267 g/mol. The summed E-state index contributed by atoms with van der Waals surface area (Å²) < 4.78 is 2.32. The fourth-order valence-corrected chi connectivity index (χ4v) is 3.48. The Morgan fingerprint density at radius 1 is 0.524 bits per heavy atom. The van der Waals surface area contributed by atoms with Gasteiger partial charge in [-0.05, 0) is 23.3 Å². The van der Waals surface area contributed by atoms with E-state index in [1.54, 1.807) is 0 Å². The Morgan fingerprint density at radius 3 is 2.05 bits per heavy atom. The normalized spacial score (nSPS) is 11.8. The molecule has 3 aromatic carbocycles. The van der Waals surface area contributed by atoms with E-state index < -0.39 is 0 Å². The van der Waals surface area contributed by atoms with Crippen molar-refractivity contribution >= 4 is 10.9 Å². The topological polar surface area (TPSA) is 4.93 Å². The lowest BCUT2D eigenvalue weighted by Crippen LogP contribution is -1.92. The van der Waals surface area contributed by atoms with Gasteiger partial charge in [0.05, 0.1) is 11.2 Å². The van der Waals surface area contributed by atoms with Crippen molar-refractivity contribution in [3.8, 4) is 27.9 Å². The third-order valence-corrected chi connectivity index (χ3v) is 4.38. The molecule has 0 atom stereocenters. The first-order valence-corrected chi connectivity index (χ1v) is 7.23. The molecule has 4 aromatic rings. The maximum Gasteiger partial charge on any atom is 0.0607 e. The van der Waals surface area contributed by atoms with Crippen LogP contribution >= 0.6 is 0 Å². The van der Waals surface area contributed by atoms with E-state index in [-0.39, 0.29) is 0 Å². The summed E-state index contributed by atoms with van der Waals surface area (Å²) in [6, 6.07) is 26.1. The Labute approximate surface area is 123 Å². The van der Waals surface area contributed by atoms with E-state index >= 15 is 0 Å². The van der Waals surface area contributed by atoms with Crippen molar-refractivity contribution in [2.45, 2.75) is 0 Å². The highest BCUT2D eigenvalue weighted by Crippen LogP contribution is 2.42. The smallest absolute Gasteiger partial charge is 0.0607 e. The molecule has 0 N–H and O–H groups in total. The minimum absolute atomic E-state index is 1.25. The Morgan fingerprint density at radius 2 is 1.19 bits per heavy atom. The van der Waals surface area contributed by atoms with Crippen molar-refractivity contribution in [1.82, 2.24) is 4.57 Å². The fourth-order valence-electron chi connectivity index (χ4n) is 3.48. The van der Waals surface area contributed by atoms with E-state index in [1.165, 1.54) is 38.8 Å². The van der Waals surface area contributed by atoms with Gasteiger partial charge in [0.2, 0.25) is 0 Å². The lowest BCUT2D eigenvalue weighted by molar-refractivity contribution is 1.14. The highest BCUT2D eigenvalue weighted by molar-refractivity contribution is 6.03. The first-order chi connectivity index (χ1) is 10.4. The first kappa shape index (κ1) is 10.9. The van der Waals surface area contributed by atoms with E-state index in [4.69, 9.17) is 0 Å². The number of aromatic nitrogens is 1. The van der Waals surface area contributed by atoms with Gasteiger partial charge in [-0.25, -0.2) is 0 Å². The van der Waals surface area contributed by atoms with Crippen LogP contribution < -0.4 is 0 Å². The fraction of sp³-hybridized carbons (Fsp3) is 0. The van der Waals surface area contributed by atoms with E-state index in [9.17, 15) is 0 Å². The third-order valence-electron chi connectivity index (χ3n) is 4.38. The molecule has 0 unspecified atom stereocenters. The summed E-state index contributed by atoms with van der Waals surface area (Å²) in [6.45, 7) is 0. The number of rotatable bonds is 0. The molecule has 0 saturated carbocycles. The van der Waals surface area contributed by atoms with E-state index in [2.05, 4.69) is 83.6 Å². The Balaban J connectivity index is 2.09. The number of hydrogen-bond acceptors (Lipinski definition) is 0. The molecule has 1 aliphatic heterocycles. The molecule has 0 fully saturated rings. The lowest BCUT2D eigenvalue weighted by atomic mass is 9.94. The van der Waals surface area contributed by atoms with Crippen LogP contribution in [-0.2, 0) is 0 Å². The van der Waals surface area contributed by atoms with Gasteiger partial charge in [-0.2, -0.15) is 0 Å². The summed E-state index contributed by atoms with van der Waals surface area (Å²) in [5.41, 5.74) is 7.78. The summed E-state index contributed by atoms with van der Waals surface area (Å²) in [5, 5.41) is 1.29. The van der Waals surface area contributed by atoms with Gasteiger partial charge >= 0.3 is 0 Å². The number of para-hydroxylation sites is 2. The Kier molecular flexibility index (Phi) is 2.01. The molecule has 0 spiro atoms. The molecule has 0 bridgehead atoms. The standard InChI is InChI=1S/C20H13N/c1-2-8-16-15(7-1)17-9-3-4-11-19(17)21-13-12-14-6-5-10-18(16)20(14)21/h1-13H. The van der Waals surface area contributed by atoms with Crippen LogP contribution in [0.4, 0.5) is 0 Å². The van der Waals surface area contributed by atoms with Crippen LogP contribution in [0.15, 0.2) is 79.0 Å². The highest BCUT2D eigenvalue weighted by atomic mass is 15.0. The van der Waals surface area contributed by atoms with Gasteiger partial charge < -0.3 is 4.57 Å². The second kappa shape index (κ2) is 3.86. The summed E-state index contributed by atoms with van der Waals surface area (Å²) >= 11 is 0. The molecule has 0 radical (unpaired) electrons. The maximum atomic E-state index is 2.32. The average Bonchev–Trinajstić information content (AvgIpc) is 2.94. The van der Waals surface area contributed by atoms with Crippen LogP contribution in [0.2, 0.25) is 0 Å². The number of nitrogens with zero attached hydrogens (tertiary/aromatic N) is 1. The summed E-state index contributed by atoms with van der Waals surface area (Å²) in [5.74, 6) is 0. The van der Waals surface area contributed by atoms with E-state index in [1.807, 2.05) is 0 Å². The van der Waals surface area contributed by atoms with Crippen molar-refractivity contribution in [3.05, 3.63) is 79.0 Å². The first-order valence-electron chi connectivity index (χ1n) is 7.23. The van der Waals surface area contributed by atoms with Gasteiger partial charge in [0.1, 0.15) is 0 Å². The monoisotopic (exact) mass is 267 g/mol. The van der Waals surface area contributed by atoms with Gasteiger partial charge in [-0.3, -0.25) is 0 Å². The van der Waals surface area contributed by atoms with Crippen molar-refractivity contribution in [2.24, 2.45) is 0 Å². The largest absolute Gasteiger partial charge is 0.315 e. The zero-order chi connectivity index (χ0) is 13.8. The zero-order valence-corrected chi connectivity index (χ0v) is 11.5. The predicted octanol–water partition coefficient (Wildman–Crippen LogP) is 5.28. The molecule has 1 aromatic heterocycles. The molecule has 0 aliphatic carbocycles. The van der Waals surface area contributed by atoms with E-state index in [0.717, 1.165) is 0 Å². The van der Waals surface area contributed by atoms with Crippen LogP contribution in [0.25, 0.3) is 38.8 Å². The van der Waals surface area contributed by atoms with Gasteiger partial charge in [-0.1, -0.05) is 60.7 Å². The van der Waals surface area contributed by atoms with Crippen LogP contribution in [0.3, 0.4) is 0 Å². The summed E-state index contributed by atoms with van der Waals surface area (Å²) in [4.78, 5) is 0. The Hall–Kier alpha value is -2.80. The second-order valence-corrected chi connectivity index (χ2v) is 5.49. The Bertz CT molecular complexity index is 992. The van der Waals surface area contributed by atoms with Crippen LogP contribution in [0.5, 0.6) is 0 Å². The van der Waals surface area contributed by atoms with Gasteiger partial charge in [0, 0.05) is 22.7 Å². The quantitative estimate of drug-likeness (QED) is 0.360. The molecule has 21 heavy (non-hydrogen) atoms. The predicted molar refractivity (Wildman–Crippen MR) is 87.7 cm³/mol. The van der Waals surface area contributed by atoms with Gasteiger partial charge in [0.15, 0.2) is 0 Å². The number of fused-ring (bicyclic) bond motifs is 5. The van der Waals surface area contributed by atoms with Crippen molar-refractivity contribution in [2.75, 3.05) is 0 Å². The molecular formula is C20H13N. The maximum absolute atomic E-state index is 2.32. The molecule has 1 heteroatoms. The van der Waals surface area contributed by atoms with Crippen molar-refractivity contribution in [3.63, 3.8) is 0 Å². The molecular weight excluding hydrogens is 254 g/mol. The molecule has 0 amide bonds. The van der Waals surface area contributed by atoms with Crippen LogP contribution in [0, 0.1) is 0 Å². The van der Waals surface area contributed by atoms with Crippen LogP contribution in [-0.4, -0.2) is 4.57 Å². The molecule has 5 rings (SSSR count). The van der Waals surface area contributed by atoms with Gasteiger partial charge in [-0.15, -0.1) is 0 Å². The summed E-state index contributed by atoms with van der Waals surface area (Å²) in [6.07, 6.45) is 2.18. The van der Waals surface area contributed by atoms with Crippen molar-refractivity contribution < 1.29 is 0 Å².